The van der Waals surface area contributed by atoms with Crippen molar-refractivity contribution >= 4 is 46.3 Å². The van der Waals surface area contributed by atoms with E-state index in [-0.39, 0.29) is 5.78 Å². The molecule has 1 heterocycles. The van der Waals surface area contributed by atoms with Crippen LogP contribution in [0.2, 0.25) is 10.0 Å². The van der Waals surface area contributed by atoms with E-state index in [2.05, 4.69) is 5.32 Å². The van der Waals surface area contributed by atoms with Gasteiger partial charge in [-0.1, -0.05) is 37.0 Å². The quantitative estimate of drug-likeness (QED) is 0.721. The standard InChI is InChI=1S/C18H22Cl2N2O2S/c1-9(2)8-24-17-13(19)6-12(7-14(17)20)16-15(11(4)23)10(3)22(5)18(25)21-16/h6-7,9,16H,8H2,1-5H3,(H,21,25). The lowest BCUT2D eigenvalue weighted by Crippen LogP contribution is -2.45. The van der Waals surface area contributed by atoms with E-state index in [1.165, 1.54) is 0 Å². The van der Waals surface area contributed by atoms with Crippen LogP contribution in [-0.4, -0.2) is 29.5 Å². The summed E-state index contributed by atoms with van der Waals surface area (Å²) in [5.74, 6) is 0.785. The van der Waals surface area contributed by atoms with Crippen molar-refractivity contribution in [2.75, 3.05) is 13.7 Å². The van der Waals surface area contributed by atoms with E-state index in [1.54, 1.807) is 24.0 Å². The Labute approximate surface area is 164 Å². The fourth-order valence-corrected chi connectivity index (χ4v) is 3.54. The minimum atomic E-state index is -0.393. The van der Waals surface area contributed by atoms with Crippen LogP contribution in [0, 0.1) is 5.92 Å². The Morgan fingerprint density at radius 1 is 1.36 bits per heavy atom. The molecule has 0 bridgehead atoms. The van der Waals surface area contributed by atoms with Gasteiger partial charge in [-0.15, -0.1) is 0 Å². The lowest BCUT2D eigenvalue weighted by molar-refractivity contribution is -0.114. The third-order valence-corrected chi connectivity index (χ3v) is 5.00. The number of rotatable bonds is 5. The highest BCUT2D eigenvalue weighted by molar-refractivity contribution is 7.80. The van der Waals surface area contributed by atoms with Gasteiger partial charge in [-0.05, 0) is 49.7 Å². The monoisotopic (exact) mass is 400 g/mol. The van der Waals surface area contributed by atoms with E-state index in [9.17, 15) is 4.79 Å². The highest BCUT2D eigenvalue weighted by Gasteiger charge is 2.31. The summed E-state index contributed by atoms with van der Waals surface area (Å²) in [6, 6.07) is 3.14. The van der Waals surface area contributed by atoms with E-state index >= 15 is 0 Å². The average molecular weight is 401 g/mol. The third-order valence-electron chi connectivity index (χ3n) is 4.05. The van der Waals surface area contributed by atoms with Crippen molar-refractivity contribution in [3.8, 4) is 5.75 Å². The number of halogens is 2. The zero-order valence-electron chi connectivity index (χ0n) is 14.9. The second-order valence-corrected chi connectivity index (χ2v) is 7.72. The third kappa shape index (κ3) is 4.27. The molecule has 0 saturated carbocycles. The first-order valence-electron chi connectivity index (χ1n) is 8.01. The fraction of sp³-hybridized carbons (Fsp3) is 0.444. The number of hydrogen-bond acceptors (Lipinski definition) is 3. The minimum Gasteiger partial charge on any atom is -0.490 e. The van der Waals surface area contributed by atoms with Crippen LogP contribution >= 0.6 is 35.4 Å². The van der Waals surface area contributed by atoms with Gasteiger partial charge < -0.3 is 15.0 Å². The molecule has 1 atom stereocenters. The number of ketones is 1. The van der Waals surface area contributed by atoms with Crippen LogP contribution < -0.4 is 10.1 Å². The van der Waals surface area contributed by atoms with Crippen LogP contribution in [0.3, 0.4) is 0 Å². The molecule has 0 aromatic heterocycles. The van der Waals surface area contributed by atoms with Gasteiger partial charge >= 0.3 is 0 Å². The summed E-state index contributed by atoms with van der Waals surface area (Å²) in [5, 5.41) is 4.56. The lowest BCUT2D eigenvalue weighted by atomic mass is 9.92. The van der Waals surface area contributed by atoms with Crippen molar-refractivity contribution in [1.29, 1.82) is 0 Å². The molecule has 7 heteroatoms. The minimum absolute atomic E-state index is 0.0308. The van der Waals surface area contributed by atoms with Crippen molar-refractivity contribution in [3.05, 3.63) is 39.0 Å². The topological polar surface area (TPSA) is 41.6 Å². The summed E-state index contributed by atoms with van der Waals surface area (Å²) >= 11 is 18.1. The first-order chi connectivity index (χ1) is 11.6. The summed E-state index contributed by atoms with van der Waals surface area (Å²) in [6.45, 7) is 8.03. The molecule has 1 aromatic carbocycles. The Morgan fingerprint density at radius 3 is 2.40 bits per heavy atom. The second-order valence-electron chi connectivity index (χ2n) is 6.52. The Morgan fingerprint density at radius 2 is 1.92 bits per heavy atom. The molecule has 0 saturated heterocycles. The van der Waals surface area contributed by atoms with E-state index in [1.807, 2.05) is 27.8 Å². The number of carbonyl (C=O) groups is 1. The van der Waals surface area contributed by atoms with E-state index in [0.29, 0.717) is 39.0 Å². The molecule has 1 aliphatic heterocycles. The molecule has 1 N–H and O–H groups in total. The van der Waals surface area contributed by atoms with Crippen LogP contribution in [0.15, 0.2) is 23.4 Å². The fourth-order valence-electron chi connectivity index (χ4n) is 2.68. The van der Waals surface area contributed by atoms with Crippen molar-refractivity contribution in [2.24, 2.45) is 5.92 Å². The SMILES string of the molecule is CC(=O)C1=C(C)N(C)C(=S)NC1c1cc(Cl)c(OCC(C)C)c(Cl)c1. The molecule has 0 amide bonds. The smallest absolute Gasteiger partial charge is 0.173 e. The first kappa shape index (κ1) is 20.0. The summed E-state index contributed by atoms with van der Waals surface area (Å²) < 4.78 is 5.71. The van der Waals surface area contributed by atoms with Crippen LogP contribution in [0.4, 0.5) is 0 Å². The van der Waals surface area contributed by atoms with Crippen LogP contribution in [0.1, 0.15) is 39.3 Å². The van der Waals surface area contributed by atoms with Gasteiger partial charge in [-0.25, -0.2) is 0 Å². The molecule has 1 aliphatic rings. The maximum Gasteiger partial charge on any atom is 0.173 e. The van der Waals surface area contributed by atoms with Gasteiger partial charge in [-0.3, -0.25) is 4.79 Å². The molecule has 136 valence electrons. The van der Waals surface area contributed by atoms with Gasteiger partial charge in [0.1, 0.15) is 0 Å². The number of ether oxygens (including phenoxy) is 1. The predicted octanol–water partition coefficient (Wildman–Crippen LogP) is 4.75. The molecular formula is C18H22Cl2N2O2S. The van der Waals surface area contributed by atoms with Crippen molar-refractivity contribution in [1.82, 2.24) is 10.2 Å². The van der Waals surface area contributed by atoms with E-state index < -0.39 is 6.04 Å². The number of Topliss-reactive ketones (excluding diaryl/α,β-unsaturated/α-hetero) is 1. The Hall–Kier alpha value is -1.30. The van der Waals surface area contributed by atoms with Gasteiger partial charge in [0.15, 0.2) is 16.6 Å². The number of nitrogens with zero attached hydrogens (tertiary/aromatic N) is 1. The number of allylic oxidation sites excluding steroid dienone is 1. The van der Waals surface area contributed by atoms with Crippen molar-refractivity contribution < 1.29 is 9.53 Å². The molecular weight excluding hydrogens is 379 g/mol. The van der Waals surface area contributed by atoms with Gasteiger partial charge in [0.05, 0.1) is 22.7 Å². The molecule has 4 nitrogen and oxygen atoms in total. The molecule has 25 heavy (non-hydrogen) atoms. The molecule has 2 rings (SSSR count). The lowest BCUT2D eigenvalue weighted by Gasteiger charge is -2.35. The zero-order chi connectivity index (χ0) is 18.9. The van der Waals surface area contributed by atoms with Gasteiger partial charge in [0.2, 0.25) is 0 Å². The number of thiocarbonyl (C=S) groups is 1. The summed E-state index contributed by atoms with van der Waals surface area (Å²) in [6.07, 6.45) is 0. The predicted molar refractivity (Wildman–Crippen MR) is 106 cm³/mol. The second kappa shape index (κ2) is 7.94. The normalized spacial score (nSPS) is 17.8. The highest BCUT2D eigenvalue weighted by atomic mass is 35.5. The number of hydrogen-bond donors (Lipinski definition) is 1. The van der Waals surface area contributed by atoms with Gasteiger partial charge in [0.25, 0.3) is 0 Å². The van der Waals surface area contributed by atoms with Crippen molar-refractivity contribution in [2.45, 2.75) is 33.7 Å². The van der Waals surface area contributed by atoms with Crippen LogP contribution in [0.5, 0.6) is 5.75 Å². The molecule has 0 radical (unpaired) electrons. The molecule has 0 aliphatic carbocycles. The number of carbonyl (C=O) groups excluding carboxylic acids is 1. The van der Waals surface area contributed by atoms with Crippen LogP contribution in [0.25, 0.3) is 0 Å². The summed E-state index contributed by atoms with van der Waals surface area (Å²) in [4.78, 5) is 14.0. The summed E-state index contributed by atoms with van der Waals surface area (Å²) in [5.41, 5.74) is 2.22. The Bertz CT molecular complexity index is 724. The molecule has 1 aromatic rings. The Balaban J connectivity index is 2.47. The zero-order valence-corrected chi connectivity index (χ0v) is 17.3. The van der Waals surface area contributed by atoms with Gasteiger partial charge in [0, 0.05) is 18.3 Å². The highest BCUT2D eigenvalue weighted by Crippen LogP contribution is 2.39. The average Bonchev–Trinajstić information content (AvgIpc) is 2.50. The maximum atomic E-state index is 12.2. The van der Waals surface area contributed by atoms with E-state index in [4.69, 9.17) is 40.2 Å². The largest absolute Gasteiger partial charge is 0.490 e. The van der Waals surface area contributed by atoms with Crippen LogP contribution in [-0.2, 0) is 4.79 Å². The number of benzene rings is 1. The maximum absolute atomic E-state index is 12.2. The van der Waals surface area contributed by atoms with Gasteiger partial charge in [-0.2, -0.15) is 0 Å². The van der Waals surface area contributed by atoms with E-state index in [0.717, 1.165) is 11.3 Å². The molecule has 0 fully saturated rings. The first-order valence-corrected chi connectivity index (χ1v) is 9.17. The molecule has 0 spiro atoms. The number of nitrogens with one attached hydrogen (secondary N) is 1. The summed E-state index contributed by atoms with van der Waals surface area (Å²) in [7, 11) is 1.83. The molecule has 1 unspecified atom stereocenters. The Kier molecular flexibility index (Phi) is 6.35. The van der Waals surface area contributed by atoms with Crippen molar-refractivity contribution in [3.63, 3.8) is 0 Å².